The summed E-state index contributed by atoms with van der Waals surface area (Å²) in [6, 6.07) is 5.94. The van der Waals surface area contributed by atoms with E-state index in [1.807, 2.05) is 31.3 Å². The molecule has 1 aromatic heterocycles. The van der Waals surface area contributed by atoms with Crippen LogP contribution < -0.4 is 10.6 Å². The van der Waals surface area contributed by atoms with E-state index in [0.717, 1.165) is 56.8 Å². The Hall–Kier alpha value is -1.62. The SMILES string of the molecule is CCNC(=NCC1(O)CCCC1)NCCc1ccccn1. The van der Waals surface area contributed by atoms with Gasteiger partial charge in [0.2, 0.25) is 0 Å². The van der Waals surface area contributed by atoms with Crippen LogP contribution in [0, 0.1) is 0 Å². The Morgan fingerprint density at radius 3 is 2.81 bits per heavy atom. The summed E-state index contributed by atoms with van der Waals surface area (Å²) >= 11 is 0. The molecule has 116 valence electrons. The van der Waals surface area contributed by atoms with Gasteiger partial charge in [0.15, 0.2) is 5.96 Å². The number of pyridine rings is 1. The highest BCUT2D eigenvalue weighted by atomic mass is 16.3. The largest absolute Gasteiger partial charge is 0.388 e. The van der Waals surface area contributed by atoms with Crippen molar-refractivity contribution in [2.24, 2.45) is 4.99 Å². The third-order valence-corrected chi connectivity index (χ3v) is 3.81. The zero-order valence-corrected chi connectivity index (χ0v) is 12.8. The molecule has 0 aliphatic heterocycles. The van der Waals surface area contributed by atoms with Crippen molar-refractivity contribution in [1.29, 1.82) is 0 Å². The molecule has 3 N–H and O–H groups in total. The molecule has 1 heterocycles. The maximum absolute atomic E-state index is 10.3. The van der Waals surface area contributed by atoms with E-state index in [0.29, 0.717) is 6.54 Å². The lowest BCUT2D eigenvalue weighted by molar-refractivity contribution is 0.0574. The van der Waals surface area contributed by atoms with Gasteiger partial charge >= 0.3 is 0 Å². The van der Waals surface area contributed by atoms with Gasteiger partial charge in [-0.15, -0.1) is 0 Å². The maximum Gasteiger partial charge on any atom is 0.191 e. The first-order chi connectivity index (χ1) is 10.2. The zero-order chi connectivity index (χ0) is 15.0. The summed E-state index contributed by atoms with van der Waals surface area (Å²) in [6.07, 6.45) is 6.61. The molecule has 21 heavy (non-hydrogen) atoms. The maximum atomic E-state index is 10.3. The minimum Gasteiger partial charge on any atom is -0.388 e. The van der Waals surface area contributed by atoms with Crippen molar-refractivity contribution in [3.8, 4) is 0 Å². The van der Waals surface area contributed by atoms with Crippen molar-refractivity contribution in [3.05, 3.63) is 30.1 Å². The van der Waals surface area contributed by atoms with Crippen LogP contribution in [0.15, 0.2) is 29.4 Å². The molecule has 1 saturated carbocycles. The van der Waals surface area contributed by atoms with Gasteiger partial charge in [-0.2, -0.15) is 0 Å². The van der Waals surface area contributed by atoms with E-state index in [1.165, 1.54) is 0 Å². The average Bonchev–Trinajstić information content (AvgIpc) is 2.93. The van der Waals surface area contributed by atoms with Crippen LogP contribution in [-0.2, 0) is 6.42 Å². The summed E-state index contributed by atoms with van der Waals surface area (Å²) in [7, 11) is 0. The Balaban J connectivity index is 1.80. The Bertz CT molecular complexity index is 441. The van der Waals surface area contributed by atoms with Gasteiger partial charge in [-0.25, -0.2) is 0 Å². The van der Waals surface area contributed by atoms with Crippen LogP contribution in [0.4, 0.5) is 0 Å². The molecule has 1 aliphatic rings. The van der Waals surface area contributed by atoms with Crippen LogP contribution in [-0.4, -0.2) is 41.3 Å². The van der Waals surface area contributed by atoms with Crippen molar-refractivity contribution < 1.29 is 5.11 Å². The minimum atomic E-state index is -0.594. The van der Waals surface area contributed by atoms with Crippen LogP contribution in [0.2, 0.25) is 0 Å². The molecule has 0 bridgehead atoms. The van der Waals surface area contributed by atoms with Gasteiger partial charge < -0.3 is 15.7 Å². The number of aromatic nitrogens is 1. The van der Waals surface area contributed by atoms with Crippen molar-refractivity contribution in [3.63, 3.8) is 0 Å². The lowest BCUT2D eigenvalue weighted by Crippen LogP contribution is -2.40. The molecule has 0 atom stereocenters. The van der Waals surface area contributed by atoms with Crippen molar-refractivity contribution in [2.75, 3.05) is 19.6 Å². The Labute approximate surface area is 126 Å². The van der Waals surface area contributed by atoms with Crippen LogP contribution in [0.25, 0.3) is 0 Å². The molecule has 0 unspecified atom stereocenters. The predicted octanol–water partition coefficient (Wildman–Crippen LogP) is 1.48. The first-order valence-electron chi connectivity index (χ1n) is 7.86. The lowest BCUT2D eigenvalue weighted by atomic mass is 10.0. The van der Waals surface area contributed by atoms with E-state index >= 15 is 0 Å². The Morgan fingerprint density at radius 1 is 1.33 bits per heavy atom. The normalized spacial score (nSPS) is 17.7. The second-order valence-corrected chi connectivity index (χ2v) is 5.62. The van der Waals surface area contributed by atoms with Gasteiger partial charge in [0.1, 0.15) is 0 Å². The van der Waals surface area contributed by atoms with E-state index in [2.05, 4.69) is 20.6 Å². The van der Waals surface area contributed by atoms with E-state index in [1.54, 1.807) is 0 Å². The molecule has 2 rings (SSSR count). The number of nitrogens with zero attached hydrogens (tertiary/aromatic N) is 2. The monoisotopic (exact) mass is 290 g/mol. The number of nitrogens with one attached hydrogen (secondary N) is 2. The van der Waals surface area contributed by atoms with Crippen molar-refractivity contribution in [1.82, 2.24) is 15.6 Å². The molecule has 1 fully saturated rings. The van der Waals surface area contributed by atoms with Gasteiger partial charge in [-0.3, -0.25) is 9.98 Å². The molecule has 5 heteroatoms. The fraction of sp³-hybridized carbons (Fsp3) is 0.625. The van der Waals surface area contributed by atoms with Gasteiger partial charge in [0, 0.05) is 31.4 Å². The highest BCUT2D eigenvalue weighted by Crippen LogP contribution is 2.29. The molecule has 0 spiro atoms. The molecule has 0 amide bonds. The van der Waals surface area contributed by atoms with E-state index in [4.69, 9.17) is 0 Å². The first-order valence-corrected chi connectivity index (χ1v) is 7.86. The summed E-state index contributed by atoms with van der Waals surface area (Å²) in [5.74, 6) is 0.772. The van der Waals surface area contributed by atoms with Gasteiger partial charge in [-0.05, 0) is 31.9 Å². The molecule has 0 aromatic carbocycles. The van der Waals surface area contributed by atoms with Crippen LogP contribution in [0.3, 0.4) is 0 Å². The summed E-state index contributed by atoms with van der Waals surface area (Å²) in [6.45, 7) is 4.11. The lowest BCUT2D eigenvalue weighted by Gasteiger charge is -2.20. The van der Waals surface area contributed by atoms with E-state index in [9.17, 15) is 5.11 Å². The summed E-state index contributed by atoms with van der Waals surface area (Å²) in [4.78, 5) is 8.82. The third-order valence-electron chi connectivity index (χ3n) is 3.81. The highest BCUT2D eigenvalue weighted by Gasteiger charge is 2.30. The van der Waals surface area contributed by atoms with Crippen LogP contribution in [0.1, 0.15) is 38.3 Å². The summed E-state index contributed by atoms with van der Waals surface area (Å²) in [5, 5.41) is 16.9. The molecule has 1 aliphatic carbocycles. The number of aliphatic hydroxyl groups is 1. The fourth-order valence-electron chi connectivity index (χ4n) is 2.61. The van der Waals surface area contributed by atoms with E-state index in [-0.39, 0.29) is 0 Å². The second kappa shape index (κ2) is 7.98. The van der Waals surface area contributed by atoms with Gasteiger partial charge in [0.05, 0.1) is 12.1 Å². The third kappa shape index (κ3) is 5.34. The topological polar surface area (TPSA) is 69.5 Å². The Kier molecular flexibility index (Phi) is 5.99. The molecular weight excluding hydrogens is 264 g/mol. The number of hydrogen-bond donors (Lipinski definition) is 3. The number of guanidine groups is 1. The summed E-state index contributed by atoms with van der Waals surface area (Å²) < 4.78 is 0. The second-order valence-electron chi connectivity index (χ2n) is 5.62. The smallest absolute Gasteiger partial charge is 0.191 e. The van der Waals surface area contributed by atoms with Crippen molar-refractivity contribution >= 4 is 5.96 Å². The number of aliphatic imine (C=N–C) groups is 1. The average molecular weight is 290 g/mol. The van der Waals surface area contributed by atoms with E-state index < -0.39 is 5.60 Å². The molecule has 5 nitrogen and oxygen atoms in total. The molecule has 0 radical (unpaired) electrons. The summed E-state index contributed by atoms with van der Waals surface area (Å²) in [5.41, 5.74) is 0.471. The van der Waals surface area contributed by atoms with Crippen LogP contribution >= 0.6 is 0 Å². The quantitative estimate of drug-likeness (QED) is 0.548. The molecule has 1 aromatic rings. The zero-order valence-electron chi connectivity index (χ0n) is 12.8. The standard InChI is InChI=1S/C16H26N4O/c1-2-17-15(20-13-16(21)9-4-5-10-16)19-12-8-14-7-3-6-11-18-14/h3,6-7,11,21H,2,4-5,8-10,12-13H2,1H3,(H2,17,19,20). The van der Waals surface area contributed by atoms with Crippen molar-refractivity contribution in [2.45, 2.75) is 44.6 Å². The number of rotatable bonds is 6. The Morgan fingerprint density at radius 2 is 2.14 bits per heavy atom. The molecular formula is C16H26N4O. The highest BCUT2D eigenvalue weighted by molar-refractivity contribution is 5.79. The number of hydrogen-bond acceptors (Lipinski definition) is 3. The molecule has 0 saturated heterocycles. The van der Waals surface area contributed by atoms with Gasteiger partial charge in [0.25, 0.3) is 0 Å². The fourth-order valence-corrected chi connectivity index (χ4v) is 2.61. The van der Waals surface area contributed by atoms with Gasteiger partial charge in [-0.1, -0.05) is 18.9 Å². The predicted molar refractivity (Wildman–Crippen MR) is 85.3 cm³/mol. The first kappa shape index (κ1) is 15.8. The minimum absolute atomic E-state index is 0.478. The van der Waals surface area contributed by atoms with Crippen LogP contribution in [0.5, 0.6) is 0 Å².